The fourth-order valence-corrected chi connectivity index (χ4v) is 3.93. The first-order chi connectivity index (χ1) is 11.3. The molecule has 1 aromatic heterocycles. The SMILES string of the molecule is O=C(Cc1ccc2c(c1)CCC2)N1CCC[C@@H](n2ccnc2)C1. The fourth-order valence-electron chi connectivity index (χ4n) is 3.93. The van der Waals surface area contributed by atoms with Gasteiger partial charge in [-0.15, -0.1) is 0 Å². The molecule has 1 saturated heterocycles. The number of imidazole rings is 1. The quantitative estimate of drug-likeness (QED) is 0.874. The Morgan fingerprint density at radius 3 is 3.00 bits per heavy atom. The molecule has 1 amide bonds. The zero-order valence-corrected chi connectivity index (χ0v) is 13.4. The van der Waals surface area contributed by atoms with Crippen molar-refractivity contribution in [3.05, 3.63) is 53.6 Å². The molecule has 0 spiro atoms. The van der Waals surface area contributed by atoms with Crippen LogP contribution in [0, 0.1) is 0 Å². The van der Waals surface area contributed by atoms with Crippen molar-refractivity contribution in [2.24, 2.45) is 0 Å². The second-order valence-corrected chi connectivity index (χ2v) is 6.78. The van der Waals surface area contributed by atoms with E-state index in [0.29, 0.717) is 12.5 Å². The van der Waals surface area contributed by atoms with Gasteiger partial charge in [0.1, 0.15) is 0 Å². The Morgan fingerprint density at radius 2 is 2.13 bits per heavy atom. The van der Waals surface area contributed by atoms with E-state index in [0.717, 1.165) is 25.9 Å². The number of hydrogen-bond acceptors (Lipinski definition) is 2. The standard InChI is InChI=1S/C19H23N3O/c23-19(12-15-6-7-16-3-1-4-17(16)11-15)21-9-2-5-18(13-21)22-10-8-20-14-22/h6-8,10-11,14,18H,1-5,9,12-13H2/t18-/m1/s1. The molecular formula is C19H23N3O. The van der Waals surface area contributed by atoms with Crippen LogP contribution < -0.4 is 0 Å². The van der Waals surface area contributed by atoms with Gasteiger partial charge in [0.15, 0.2) is 0 Å². The van der Waals surface area contributed by atoms with Gasteiger partial charge in [-0.25, -0.2) is 4.98 Å². The smallest absolute Gasteiger partial charge is 0.227 e. The molecule has 1 atom stereocenters. The lowest BCUT2D eigenvalue weighted by Gasteiger charge is -2.33. The first-order valence-corrected chi connectivity index (χ1v) is 8.65. The summed E-state index contributed by atoms with van der Waals surface area (Å²) in [6, 6.07) is 6.97. The number of carbonyl (C=O) groups excluding carboxylic acids is 1. The van der Waals surface area contributed by atoms with Crippen LogP contribution >= 0.6 is 0 Å². The minimum Gasteiger partial charge on any atom is -0.340 e. The van der Waals surface area contributed by atoms with Gasteiger partial charge in [0, 0.05) is 25.5 Å². The van der Waals surface area contributed by atoms with Crippen LogP contribution in [0.3, 0.4) is 0 Å². The number of hydrogen-bond donors (Lipinski definition) is 0. The summed E-state index contributed by atoms with van der Waals surface area (Å²) < 4.78 is 2.13. The monoisotopic (exact) mass is 309 g/mol. The number of amides is 1. The van der Waals surface area contributed by atoms with E-state index >= 15 is 0 Å². The summed E-state index contributed by atoms with van der Waals surface area (Å²) in [7, 11) is 0. The van der Waals surface area contributed by atoms with Crippen molar-refractivity contribution in [1.82, 2.24) is 14.5 Å². The van der Waals surface area contributed by atoms with E-state index < -0.39 is 0 Å². The highest BCUT2D eigenvalue weighted by Gasteiger charge is 2.24. The molecule has 1 fully saturated rings. The predicted molar refractivity (Wildman–Crippen MR) is 89.2 cm³/mol. The van der Waals surface area contributed by atoms with Crippen LogP contribution in [-0.4, -0.2) is 33.4 Å². The van der Waals surface area contributed by atoms with Crippen LogP contribution in [0.2, 0.25) is 0 Å². The van der Waals surface area contributed by atoms with Gasteiger partial charge >= 0.3 is 0 Å². The van der Waals surface area contributed by atoms with Crippen molar-refractivity contribution in [3.63, 3.8) is 0 Å². The molecule has 4 rings (SSSR count). The molecule has 1 aliphatic carbocycles. The number of carbonyl (C=O) groups is 1. The summed E-state index contributed by atoms with van der Waals surface area (Å²) in [6.07, 6.45) is 12.0. The highest BCUT2D eigenvalue weighted by atomic mass is 16.2. The molecule has 0 N–H and O–H groups in total. The summed E-state index contributed by atoms with van der Waals surface area (Å²) in [4.78, 5) is 18.8. The molecule has 23 heavy (non-hydrogen) atoms. The largest absolute Gasteiger partial charge is 0.340 e. The lowest BCUT2D eigenvalue weighted by molar-refractivity contribution is -0.132. The van der Waals surface area contributed by atoms with Crippen LogP contribution in [0.5, 0.6) is 0 Å². The van der Waals surface area contributed by atoms with E-state index in [9.17, 15) is 4.79 Å². The third-order valence-corrected chi connectivity index (χ3v) is 5.21. The van der Waals surface area contributed by atoms with Gasteiger partial charge < -0.3 is 9.47 Å². The number of aryl methyl sites for hydroxylation is 2. The van der Waals surface area contributed by atoms with Gasteiger partial charge in [-0.05, 0) is 48.8 Å². The first kappa shape index (κ1) is 14.5. The average Bonchev–Trinajstić information content (AvgIpc) is 3.26. The van der Waals surface area contributed by atoms with Gasteiger partial charge in [-0.3, -0.25) is 4.79 Å². The third kappa shape index (κ3) is 3.03. The minimum absolute atomic E-state index is 0.257. The summed E-state index contributed by atoms with van der Waals surface area (Å²) in [5.41, 5.74) is 4.09. The van der Waals surface area contributed by atoms with E-state index in [1.165, 1.54) is 36.0 Å². The maximum Gasteiger partial charge on any atom is 0.227 e. The zero-order valence-electron chi connectivity index (χ0n) is 13.4. The highest BCUT2D eigenvalue weighted by Crippen LogP contribution is 2.24. The van der Waals surface area contributed by atoms with Gasteiger partial charge in [0.05, 0.1) is 18.8 Å². The van der Waals surface area contributed by atoms with Crippen molar-refractivity contribution in [1.29, 1.82) is 0 Å². The summed E-state index contributed by atoms with van der Waals surface area (Å²) in [5, 5.41) is 0. The second-order valence-electron chi connectivity index (χ2n) is 6.78. The molecule has 4 nitrogen and oxygen atoms in total. The summed E-state index contributed by atoms with van der Waals surface area (Å²) in [5.74, 6) is 0.257. The van der Waals surface area contributed by atoms with Crippen LogP contribution in [0.4, 0.5) is 0 Å². The van der Waals surface area contributed by atoms with Gasteiger partial charge in [-0.1, -0.05) is 18.2 Å². The first-order valence-electron chi connectivity index (χ1n) is 8.65. The van der Waals surface area contributed by atoms with Gasteiger partial charge in [-0.2, -0.15) is 0 Å². The Labute approximate surface area is 137 Å². The molecule has 0 saturated carbocycles. The minimum atomic E-state index is 0.257. The third-order valence-electron chi connectivity index (χ3n) is 5.21. The molecule has 0 unspecified atom stereocenters. The lowest BCUT2D eigenvalue weighted by atomic mass is 10.0. The summed E-state index contributed by atoms with van der Waals surface area (Å²) in [6.45, 7) is 1.69. The lowest BCUT2D eigenvalue weighted by Crippen LogP contribution is -2.41. The van der Waals surface area contributed by atoms with Crippen molar-refractivity contribution in [2.75, 3.05) is 13.1 Å². The number of rotatable bonds is 3. The molecule has 1 aliphatic heterocycles. The van der Waals surface area contributed by atoms with Gasteiger partial charge in [0.25, 0.3) is 0 Å². The summed E-state index contributed by atoms with van der Waals surface area (Å²) >= 11 is 0. The van der Waals surface area contributed by atoms with Crippen molar-refractivity contribution >= 4 is 5.91 Å². The maximum atomic E-state index is 12.7. The number of piperidine rings is 1. The molecule has 120 valence electrons. The number of aromatic nitrogens is 2. The molecule has 0 radical (unpaired) electrons. The van der Waals surface area contributed by atoms with Gasteiger partial charge in [0.2, 0.25) is 5.91 Å². The molecule has 0 bridgehead atoms. The Hall–Kier alpha value is -2.10. The van der Waals surface area contributed by atoms with E-state index in [1.54, 1.807) is 0 Å². The molecule has 2 aromatic rings. The second kappa shape index (κ2) is 6.19. The Kier molecular flexibility index (Phi) is 3.90. The van der Waals surface area contributed by atoms with Crippen molar-refractivity contribution in [3.8, 4) is 0 Å². The van der Waals surface area contributed by atoms with E-state index in [4.69, 9.17) is 0 Å². The Bertz CT molecular complexity index is 693. The van der Waals surface area contributed by atoms with Crippen molar-refractivity contribution in [2.45, 2.75) is 44.6 Å². The van der Waals surface area contributed by atoms with Crippen molar-refractivity contribution < 1.29 is 4.79 Å². The molecular weight excluding hydrogens is 286 g/mol. The Balaban J connectivity index is 1.42. The maximum absolute atomic E-state index is 12.7. The molecule has 2 aliphatic rings. The average molecular weight is 309 g/mol. The Morgan fingerprint density at radius 1 is 1.22 bits per heavy atom. The number of benzene rings is 1. The van der Waals surface area contributed by atoms with E-state index in [2.05, 4.69) is 27.8 Å². The van der Waals surface area contributed by atoms with Crippen LogP contribution in [0.25, 0.3) is 0 Å². The number of nitrogens with zero attached hydrogens (tertiary/aromatic N) is 3. The van der Waals surface area contributed by atoms with E-state index in [-0.39, 0.29) is 5.91 Å². The van der Waals surface area contributed by atoms with E-state index in [1.807, 2.05) is 23.6 Å². The molecule has 2 heterocycles. The number of fused-ring (bicyclic) bond motifs is 1. The molecule has 1 aromatic carbocycles. The van der Waals surface area contributed by atoms with Crippen LogP contribution in [-0.2, 0) is 24.1 Å². The zero-order chi connectivity index (χ0) is 15.6. The number of likely N-dealkylation sites (tertiary alicyclic amines) is 1. The highest BCUT2D eigenvalue weighted by molar-refractivity contribution is 5.79. The fraction of sp³-hybridized carbons (Fsp3) is 0.474. The normalized spacial score (nSPS) is 20.5. The predicted octanol–water partition coefficient (Wildman–Crippen LogP) is 2.78. The topological polar surface area (TPSA) is 38.1 Å². The molecule has 4 heteroatoms. The van der Waals surface area contributed by atoms with Crippen LogP contribution in [0.15, 0.2) is 36.9 Å². The van der Waals surface area contributed by atoms with Crippen LogP contribution in [0.1, 0.15) is 42.0 Å².